The number of urea groups is 1. The van der Waals surface area contributed by atoms with Crippen molar-refractivity contribution in [2.45, 2.75) is 12.6 Å². The molecule has 1 unspecified atom stereocenters. The highest BCUT2D eigenvalue weighted by atomic mass is 16.5. The number of benzene rings is 3. The van der Waals surface area contributed by atoms with Gasteiger partial charge in [0.15, 0.2) is 6.10 Å². The second-order valence-electron chi connectivity index (χ2n) is 7.26. The molecule has 0 aliphatic carbocycles. The maximum Gasteiger partial charge on any atom is 0.339 e. The predicted octanol–water partition coefficient (Wildman–Crippen LogP) is 3.52. The Morgan fingerprint density at radius 1 is 0.844 bits per heavy atom. The molecule has 1 aliphatic heterocycles. The Bertz CT molecular complexity index is 1130. The van der Waals surface area contributed by atoms with Crippen LogP contribution in [0, 0.1) is 0 Å². The Morgan fingerprint density at radius 2 is 1.47 bits per heavy atom. The van der Waals surface area contributed by atoms with E-state index in [1.807, 2.05) is 6.07 Å². The van der Waals surface area contributed by atoms with Gasteiger partial charge in [0.25, 0.3) is 0 Å². The zero-order valence-electron chi connectivity index (χ0n) is 17.1. The summed E-state index contributed by atoms with van der Waals surface area (Å²) in [7, 11) is 0. The molecule has 4 rings (SSSR count). The van der Waals surface area contributed by atoms with Crippen molar-refractivity contribution in [2.75, 3.05) is 6.54 Å². The molecule has 160 valence electrons. The average Bonchev–Trinajstić information content (AvgIpc) is 3.15. The quantitative estimate of drug-likeness (QED) is 0.353. The van der Waals surface area contributed by atoms with Crippen LogP contribution >= 0.6 is 0 Å². The first-order valence-corrected chi connectivity index (χ1v) is 10.1. The highest BCUT2D eigenvalue weighted by molar-refractivity contribution is 6.02. The molecule has 0 saturated carbocycles. The molecule has 3 aromatic carbocycles. The van der Waals surface area contributed by atoms with Gasteiger partial charge in [0.2, 0.25) is 11.7 Å². The van der Waals surface area contributed by atoms with E-state index in [9.17, 15) is 19.2 Å². The maximum absolute atomic E-state index is 13.1. The van der Waals surface area contributed by atoms with E-state index >= 15 is 0 Å². The van der Waals surface area contributed by atoms with Gasteiger partial charge in [-0.3, -0.25) is 14.5 Å². The van der Waals surface area contributed by atoms with E-state index < -0.39 is 18.1 Å². The third kappa shape index (κ3) is 4.57. The van der Waals surface area contributed by atoms with Gasteiger partial charge in [0.05, 0.1) is 18.7 Å². The summed E-state index contributed by atoms with van der Waals surface area (Å²) in [5, 5.41) is 2.46. The molecule has 1 atom stereocenters. The number of Topliss-reactive ketones (excluding diaryl/α,β-unsaturated/α-hetero) is 1. The van der Waals surface area contributed by atoms with Crippen molar-refractivity contribution in [3.05, 3.63) is 107 Å². The molecule has 1 N–H and O–H groups in total. The fraction of sp³-hybridized carbons (Fsp3) is 0.120. The predicted molar refractivity (Wildman–Crippen MR) is 116 cm³/mol. The zero-order chi connectivity index (χ0) is 22.5. The highest BCUT2D eigenvalue weighted by Crippen LogP contribution is 2.24. The van der Waals surface area contributed by atoms with Crippen LogP contribution in [0.2, 0.25) is 0 Å². The van der Waals surface area contributed by atoms with Gasteiger partial charge in [-0.15, -0.1) is 0 Å². The Balaban J connectivity index is 1.51. The SMILES string of the molecule is O=C(OC(C(=O)c1ccccc1)c1ccccc1)c1ccc(CN2C(=O)CNC2=O)cc1. The third-order valence-electron chi connectivity index (χ3n) is 5.09. The number of ether oxygens (including phenoxy) is 1. The van der Waals surface area contributed by atoms with E-state index in [-0.39, 0.29) is 30.3 Å². The van der Waals surface area contributed by atoms with Crippen molar-refractivity contribution in [3.63, 3.8) is 0 Å². The molecule has 0 aromatic heterocycles. The van der Waals surface area contributed by atoms with Crippen molar-refractivity contribution < 1.29 is 23.9 Å². The molecule has 3 amide bonds. The summed E-state index contributed by atoms with van der Waals surface area (Å²) in [5.74, 6) is -1.27. The summed E-state index contributed by atoms with van der Waals surface area (Å²) in [4.78, 5) is 50.4. The van der Waals surface area contributed by atoms with Gasteiger partial charge in [0, 0.05) is 11.1 Å². The molecule has 1 aliphatic rings. The topological polar surface area (TPSA) is 92.8 Å². The van der Waals surface area contributed by atoms with Crippen LogP contribution in [0.5, 0.6) is 0 Å². The maximum atomic E-state index is 13.1. The standard InChI is InChI=1S/C25H20N2O5/c28-21-15-26-25(31)27(21)16-17-11-13-20(14-12-17)24(30)32-23(19-9-5-2-6-10-19)22(29)18-7-3-1-4-8-18/h1-14,23H,15-16H2,(H,26,31). The van der Waals surface area contributed by atoms with Crippen molar-refractivity contribution in [3.8, 4) is 0 Å². The number of hydrogen-bond donors (Lipinski definition) is 1. The van der Waals surface area contributed by atoms with E-state index in [1.54, 1.807) is 78.9 Å². The fourth-order valence-electron chi connectivity index (χ4n) is 3.37. The van der Waals surface area contributed by atoms with Gasteiger partial charge in [-0.2, -0.15) is 0 Å². The van der Waals surface area contributed by atoms with Gasteiger partial charge in [-0.1, -0.05) is 72.8 Å². The number of imide groups is 1. The lowest BCUT2D eigenvalue weighted by atomic mass is 9.99. The largest absolute Gasteiger partial charge is 0.445 e. The number of carbonyl (C=O) groups excluding carboxylic acids is 4. The first-order valence-electron chi connectivity index (χ1n) is 10.1. The van der Waals surface area contributed by atoms with Crippen molar-refractivity contribution in [1.29, 1.82) is 0 Å². The number of nitrogens with one attached hydrogen (secondary N) is 1. The first-order chi connectivity index (χ1) is 15.5. The molecule has 0 bridgehead atoms. The Morgan fingerprint density at radius 3 is 2.06 bits per heavy atom. The van der Waals surface area contributed by atoms with Gasteiger partial charge < -0.3 is 10.1 Å². The van der Waals surface area contributed by atoms with Crippen LogP contribution in [0.4, 0.5) is 4.79 Å². The summed E-state index contributed by atoms with van der Waals surface area (Å²) in [6.07, 6.45) is -1.09. The number of rotatable bonds is 7. The molecular weight excluding hydrogens is 408 g/mol. The molecule has 7 nitrogen and oxygen atoms in total. The van der Waals surface area contributed by atoms with Crippen molar-refractivity contribution >= 4 is 23.7 Å². The third-order valence-corrected chi connectivity index (χ3v) is 5.09. The van der Waals surface area contributed by atoms with E-state index in [0.29, 0.717) is 16.7 Å². The monoisotopic (exact) mass is 428 g/mol. The molecule has 1 fully saturated rings. The van der Waals surface area contributed by atoms with Crippen LogP contribution in [0.3, 0.4) is 0 Å². The zero-order valence-corrected chi connectivity index (χ0v) is 17.1. The minimum atomic E-state index is -1.09. The fourth-order valence-corrected chi connectivity index (χ4v) is 3.37. The van der Waals surface area contributed by atoms with Gasteiger partial charge in [-0.25, -0.2) is 9.59 Å². The minimum Gasteiger partial charge on any atom is -0.445 e. The minimum absolute atomic E-state index is 0.0143. The second-order valence-corrected chi connectivity index (χ2v) is 7.26. The normalized spacial score (nSPS) is 14.1. The average molecular weight is 428 g/mol. The van der Waals surface area contributed by atoms with E-state index in [1.165, 1.54) is 0 Å². The molecule has 1 saturated heterocycles. The summed E-state index contributed by atoms with van der Waals surface area (Å²) in [6.45, 7) is 0.0959. The lowest BCUT2D eigenvalue weighted by Gasteiger charge is -2.18. The molecular formula is C25H20N2O5. The summed E-state index contributed by atoms with van der Waals surface area (Å²) < 4.78 is 5.63. The Kier molecular flexibility index (Phi) is 6.07. The van der Waals surface area contributed by atoms with Crippen LogP contribution in [-0.2, 0) is 16.1 Å². The van der Waals surface area contributed by atoms with E-state index in [0.717, 1.165) is 4.90 Å². The molecule has 7 heteroatoms. The van der Waals surface area contributed by atoms with Crippen molar-refractivity contribution in [1.82, 2.24) is 10.2 Å². The van der Waals surface area contributed by atoms with Gasteiger partial charge in [0.1, 0.15) is 0 Å². The number of ketones is 1. The Hall–Kier alpha value is -4.26. The lowest BCUT2D eigenvalue weighted by Crippen LogP contribution is -2.30. The molecule has 0 spiro atoms. The molecule has 0 radical (unpaired) electrons. The van der Waals surface area contributed by atoms with Crippen LogP contribution < -0.4 is 5.32 Å². The number of carbonyl (C=O) groups is 4. The first kappa shape index (κ1) is 21.0. The number of amides is 3. The molecule has 1 heterocycles. The second kappa shape index (κ2) is 9.26. The number of nitrogens with zero attached hydrogens (tertiary/aromatic N) is 1. The highest BCUT2D eigenvalue weighted by Gasteiger charge is 2.29. The summed E-state index contributed by atoms with van der Waals surface area (Å²) in [5.41, 5.74) is 1.96. The van der Waals surface area contributed by atoms with Crippen LogP contribution in [0.1, 0.15) is 37.9 Å². The van der Waals surface area contributed by atoms with E-state index in [2.05, 4.69) is 5.32 Å². The van der Waals surface area contributed by atoms with Gasteiger partial charge >= 0.3 is 12.0 Å². The van der Waals surface area contributed by atoms with E-state index in [4.69, 9.17) is 4.74 Å². The van der Waals surface area contributed by atoms with Crippen LogP contribution in [0.25, 0.3) is 0 Å². The van der Waals surface area contributed by atoms with Crippen molar-refractivity contribution in [2.24, 2.45) is 0 Å². The summed E-state index contributed by atoms with van der Waals surface area (Å²) >= 11 is 0. The number of esters is 1. The Labute approximate surface area is 184 Å². The lowest BCUT2D eigenvalue weighted by molar-refractivity contribution is -0.125. The number of hydrogen-bond acceptors (Lipinski definition) is 5. The smallest absolute Gasteiger partial charge is 0.339 e. The van der Waals surface area contributed by atoms with Gasteiger partial charge in [-0.05, 0) is 17.7 Å². The summed E-state index contributed by atoms with van der Waals surface area (Å²) in [6, 6.07) is 23.5. The molecule has 3 aromatic rings. The van der Waals surface area contributed by atoms with Crippen LogP contribution in [-0.4, -0.2) is 35.1 Å². The molecule has 32 heavy (non-hydrogen) atoms. The van der Waals surface area contributed by atoms with Crippen LogP contribution in [0.15, 0.2) is 84.9 Å².